The molecule has 0 unspecified atom stereocenters. The molecule has 2 N–H and O–H groups in total. The van der Waals surface area contributed by atoms with Crippen molar-refractivity contribution in [1.29, 1.82) is 0 Å². The molecule has 1 atom stereocenters. The fraction of sp³-hybridized carbons (Fsp3) is 0.368. The van der Waals surface area contributed by atoms with Crippen molar-refractivity contribution in [3.8, 4) is 5.75 Å². The molecule has 0 spiro atoms. The van der Waals surface area contributed by atoms with E-state index in [4.69, 9.17) is 4.74 Å². The van der Waals surface area contributed by atoms with Gasteiger partial charge in [0.25, 0.3) is 0 Å². The average molecular weight is 381 g/mol. The molecule has 0 bridgehead atoms. The monoisotopic (exact) mass is 381 g/mol. The van der Waals surface area contributed by atoms with Crippen LogP contribution >= 0.6 is 0 Å². The maximum absolute atomic E-state index is 13.9. The number of sulfonamides is 1. The van der Waals surface area contributed by atoms with E-state index in [-0.39, 0.29) is 29.7 Å². The Morgan fingerprint density at radius 3 is 2.50 bits per heavy atom. The Morgan fingerprint density at radius 2 is 1.88 bits per heavy atom. The van der Waals surface area contributed by atoms with Crippen LogP contribution in [0.4, 0.5) is 4.39 Å². The first-order valence-electron chi connectivity index (χ1n) is 8.55. The second-order valence-electron chi connectivity index (χ2n) is 5.83. The number of aliphatic hydroxyl groups excluding tert-OH is 1. The number of hydrogen-bond acceptors (Lipinski definition) is 4. The zero-order valence-electron chi connectivity index (χ0n) is 14.7. The third-order valence-corrected chi connectivity index (χ3v) is 5.51. The zero-order chi connectivity index (χ0) is 19.0. The highest BCUT2D eigenvalue weighted by Crippen LogP contribution is 2.24. The number of halogens is 1. The Balaban J connectivity index is 2.01. The molecule has 0 heterocycles. The van der Waals surface area contributed by atoms with E-state index in [9.17, 15) is 17.9 Å². The van der Waals surface area contributed by atoms with Crippen molar-refractivity contribution in [2.24, 2.45) is 0 Å². The zero-order valence-corrected chi connectivity index (χ0v) is 15.5. The molecule has 26 heavy (non-hydrogen) atoms. The molecule has 2 aromatic carbocycles. The van der Waals surface area contributed by atoms with E-state index < -0.39 is 15.8 Å². The minimum Gasteiger partial charge on any atom is -0.491 e. The summed E-state index contributed by atoms with van der Waals surface area (Å²) in [6.45, 7) is 2.24. The predicted octanol–water partition coefficient (Wildman–Crippen LogP) is 3.06. The van der Waals surface area contributed by atoms with Crippen LogP contribution in [0.2, 0.25) is 0 Å². The summed E-state index contributed by atoms with van der Waals surface area (Å²) in [5, 5.41) is 9.24. The Bertz CT molecular complexity index is 796. The third kappa shape index (κ3) is 5.52. The van der Waals surface area contributed by atoms with Crippen molar-refractivity contribution in [1.82, 2.24) is 4.72 Å². The number of aliphatic hydroxyl groups is 1. The minimum absolute atomic E-state index is 0.0242. The number of rotatable bonds is 10. The largest absolute Gasteiger partial charge is 0.491 e. The standard InChI is InChI=1S/C19H24FNO4S/c1-2-25-19-9-8-17(14-18(19)20)26(23,24)21-12-10-16(11-13-22)15-6-4-3-5-7-15/h3-9,14,16,21-22H,2,10-13H2,1H3/t16-/m1/s1. The van der Waals surface area contributed by atoms with Gasteiger partial charge in [0, 0.05) is 13.2 Å². The van der Waals surface area contributed by atoms with Gasteiger partial charge in [-0.1, -0.05) is 30.3 Å². The van der Waals surface area contributed by atoms with Crippen LogP contribution in [0.5, 0.6) is 5.75 Å². The van der Waals surface area contributed by atoms with Crippen LogP contribution < -0.4 is 9.46 Å². The lowest BCUT2D eigenvalue weighted by Gasteiger charge is -2.17. The van der Waals surface area contributed by atoms with Crippen LogP contribution in [0.1, 0.15) is 31.2 Å². The summed E-state index contributed by atoms with van der Waals surface area (Å²) in [5.74, 6) is -0.642. The molecule has 2 aromatic rings. The van der Waals surface area contributed by atoms with Gasteiger partial charge in [-0.25, -0.2) is 17.5 Å². The van der Waals surface area contributed by atoms with Gasteiger partial charge in [-0.05, 0) is 49.4 Å². The first-order chi connectivity index (χ1) is 12.5. The number of nitrogens with one attached hydrogen (secondary N) is 1. The van der Waals surface area contributed by atoms with Crippen LogP contribution in [0, 0.1) is 5.82 Å². The van der Waals surface area contributed by atoms with E-state index in [2.05, 4.69) is 4.72 Å². The Labute approximate surface area is 153 Å². The Kier molecular flexibility index (Phi) is 7.56. The molecule has 142 valence electrons. The molecule has 0 radical (unpaired) electrons. The van der Waals surface area contributed by atoms with Crippen LogP contribution in [0.25, 0.3) is 0 Å². The molecule has 0 saturated carbocycles. The van der Waals surface area contributed by atoms with Crippen LogP contribution in [0.3, 0.4) is 0 Å². The van der Waals surface area contributed by atoms with Gasteiger partial charge >= 0.3 is 0 Å². The normalized spacial score (nSPS) is 12.7. The summed E-state index contributed by atoms with van der Waals surface area (Å²) in [4.78, 5) is -0.142. The second-order valence-corrected chi connectivity index (χ2v) is 7.60. The van der Waals surface area contributed by atoms with Crippen LogP contribution in [-0.4, -0.2) is 33.3 Å². The molecule has 0 saturated heterocycles. The maximum Gasteiger partial charge on any atom is 0.240 e. The highest BCUT2D eigenvalue weighted by atomic mass is 32.2. The molecule has 5 nitrogen and oxygen atoms in total. The quantitative estimate of drug-likeness (QED) is 0.663. The molecule has 0 aliphatic rings. The van der Waals surface area contributed by atoms with Crippen molar-refractivity contribution < 1.29 is 22.7 Å². The van der Waals surface area contributed by atoms with E-state index in [1.807, 2.05) is 30.3 Å². The Hall–Kier alpha value is -1.96. The molecule has 0 aliphatic carbocycles. The highest BCUT2D eigenvalue weighted by Gasteiger charge is 2.18. The molecule has 0 aromatic heterocycles. The lowest BCUT2D eigenvalue weighted by Crippen LogP contribution is -2.26. The summed E-state index contributed by atoms with van der Waals surface area (Å²) >= 11 is 0. The lowest BCUT2D eigenvalue weighted by atomic mass is 9.93. The summed E-state index contributed by atoms with van der Waals surface area (Å²) in [7, 11) is -3.82. The van der Waals surface area contributed by atoms with Crippen molar-refractivity contribution in [3.63, 3.8) is 0 Å². The van der Waals surface area contributed by atoms with Gasteiger partial charge < -0.3 is 9.84 Å². The minimum atomic E-state index is -3.82. The van der Waals surface area contributed by atoms with E-state index in [0.29, 0.717) is 19.4 Å². The molecule has 2 rings (SSSR count). The Morgan fingerprint density at radius 1 is 1.15 bits per heavy atom. The summed E-state index contributed by atoms with van der Waals surface area (Å²) in [6, 6.07) is 13.2. The lowest BCUT2D eigenvalue weighted by molar-refractivity contribution is 0.273. The predicted molar refractivity (Wildman–Crippen MR) is 98.3 cm³/mol. The molecule has 0 amide bonds. The fourth-order valence-corrected chi connectivity index (χ4v) is 3.79. The van der Waals surface area contributed by atoms with Crippen molar-refractivity contribution >= 4 is 10.0 Å². The third-order valence-electron chi connectivity index (χ3n) is 4.05. The van der Waals surface area contributed by atoms with Gasteiger partial charge in [-0.3, -0.25) is 0 Å². The van der Waals surface area contributed by atoms with Gasteiger partial charge in [-0.15, -0.1) is 0 Å². The number of ether oxygens (including phenoxy) is 1. The van der Waals surface area contributed by atoms with E-state index in [1.54, 1.807) is 6.92 Å². The maximum atomic E-state index is 13.9. The molecule has 7 heteroatoms. The number of benzene rings is 2. The van der Waals surface area contributed by atoms with Gasteiger partial charge in [-0.2, -0.15) is 0 Å². The number of hydrogen-bond donors (Lipinski definition) is 2. The van der Waals surface area contributed by atoms with Crippen molar-refractivity contribution in [3.05, 3.63) is 59.9 Å². The van der Waals surface area contributed by atoms with Crippen molar-refractivity contribution in [2.45, 2.75) is 30.6 Å². The molecule has 0 aliphatic heterocycles. The van der Waals surface area contributed by atoms with E-state index in [0.717, 1.165) is 11.6 Å². The van der Waals surface area contributed by atoms with Gasteiger partial charge in [0.1, 0.15) is 0 Å². The first-order valence-corrected chi connectivity index (χ1v) is 10.0. The van der Waals surface area contributed by atoms with Gasteiger partial charge in [0.05, 0.1) is 11.5 Å². The topological polar surface area (TPSA) is 75.6 Å². The SMILES string of the molecule is CCOc1ccc(S(=O)(=O)NCC[C@H](CCO)c2ccccc2)cc1F. The average Bonchev–Trinajstić information content (AvgIpc) is 2.63. The van der Waals surface area contributed by atoms with Crippen molar-refractivity contribution in [2.75, 3.05) is 19.8 Å². The summed E-state index contributed by atoms with van der Waals surface area (Å²) < 4.78 is 46.2. The summed E-state index contributed by atoms with van der Waals surface area (Å²) in [6.07, 6.45) is 1.08. The smallest absolute Gasteiger partial charge is 0.240 e. The van der Waals surface area contributed by atoms with Crippen LogP contribution in [0.15, 0.2) is 53.4 Å². The molecular formula is C19H24FNO4S. The first kappa shape index (κ1) is 20.4. The van der Waals surface area contributed by atoms with Crippen LogP contribution in [-0.2, 0) is 10.0 Å². The van der Waals surface area contributed by atoms with Gasteiger partial charge in [0.2, 0.25) is 10.0 Å². The highest BCUT2D eigenvalue weighted by molar-refractivity contribution is 7.89. The van der Waals surface area contributed by atoms with Gasteiger partial charge in [0.15, 0.2) is 11.6 Å². The summed E-state index contributed by atoms with van der Waals surface area (Å²) in [5.41, 5.74) is 1.05. The van der Waals surface area contributed by atoms with E-state index in [1.165, 1.54) is 12.1 Å². The van der Waals surface area contributed by atoms with E-state index >= 15 is 0 Å². The molecular weight excluding hydrogens is 357 g/mol. The second kappa shape index (κ2) is 9.66. The molecule has 0 fully saturated rings. The fourth-order valence-electron chi connectivity index (χ4n) is 2.73.